The Bertz CT molecular complexity index is 788. The number of thiazole rings is 1. The van der Waals surface area contributed by atoms with Crippen molar-refractivity contribution in [1.29, 1.82) is 0 Å². The summed E-state index contributed by atoms with van der Waals surface area (Å²) in [6.07, 6.45) is -3.78. The van der Waals surface area contributed by atoms with E-state index in [4.69, 9.17) is 19.7 Å². The van der Waals surface area contributed by atoms with Gasteiger partial charge in [0.15, 0.2) is 0 Å². The Morgan fingerprint density at radius 1 is 1.27 bits per heavy atom. The number of fused-ring (bicyclic) bond motifs is 1. The molecule has 1 atom stereocenters. The largest absolute Gasteiger partial charge is 0.506 e. The molecule has 1 aromatic carbocycles. The average Bonchev–Trinajstić information content (AvgIpc) is 3.02. The second-order valence-corrected chi connectivity index (χ2v) is 6.73. The summed E-state index contributed by atoms with van der Waals surface area (Å²) in [5.41, 5.74) is 1.84. The van der Waals surface area contributed by atoms with Crippen LogP contribution < -0.4 is 4.90 Å². The lowest BCUT2D eigenvalue weighted by molar-refractivity contribution is 0.00530. The molecular formula is C16H18N2O7S. The smallest absolute Gasteiger partial charge is 0.450 e. The summed E-state index contributed by atoms with van der Waals surface area (Å²) < 4.78 is 15.5. The number of hydrogen-bond donors (Lipinski definition) is 2. The molecule has 1 saturated heterocycles. The normalized spacial score (nSPS) is 15.6. The molecule has 0 aliphatic carbocycles. The number of rotatable bonds is 6. The maximum absolute atomic E-state index is 10.8. The molecule has 0 spiro atoms. The molecule has 1 aliphatic rings. The Kier molecular flexibility index (Phi) is 5.74. The SMILES string of the molecule is O=C(O)OCC(Cc1nc2c(N3CCOCC3)cccc2s1)OC(=O)O. The van der Waals surface area contributed by atoms with Crippen molar-refractivity contribution in [3.05, 3.63) is 23.2 Å². The molecule has 2 heterocycles. The highest BCUT2D eigenvalue weighted by atomic mass is 32.1. The van der Waals surface area contributed by atoms with E-state index >= 15 is 0 Å². The summed E-state index contributed by atoms with van der Waals surface area (Å²) in [5, 5.41) is 18.1. The van der Waals surface area contributed by atoms with Crippen LogP contribution in [0.5, 0.6) is 0 Å². The number of anilines is 1. The minimum absolute atomic E-state index is 0.140. The van der Waals surface area contributed by atoms with E-state index in [2.05, 4.69) is 14.6 Å². The van der Waals surface area contributed by atoms with Crippen molar-refractivity contribution < 1.29 is 34.0 Å². The first kappa shape index (κ1) is 18.2. The van der Waals surface area contributed by atoms with Crippen LogP contribution in [0.3, 0.4) is 0 Å². The number of carboxylic acid groups (broad SMARTS) is 2. The van der Waals surface area contributed by atoms with Gasteiger partial charge in [-0.05, 0) is 12.1 Å². The van der Waals surface area contributed by atoms with Gasteiger partial charge in [-0.15, -0.1) is 11.3 Å². The van der Waals surface area contributed by atoms with E-state index in [1.165, 1.54) is 11.3 Å². The lowest BCUT2D eigenvalue weighted by atomic mass is 10.2. The third-order valence-corrected chi connectivity index (χ3v) is 4.90. The van der Waals surface area contributed by atoms with Crippen LogP contribution in [-0.2, 0) is 20.6 Å². The zero-order chi connectivity index (χ0) is 18.5. The fourth-order valence-corrected chi connectivity index (χ4v) is 3.82. The first-order valence-corrected chi connectivity index (χ1v) is 8.81. The maximum atomic E-state index is 10.8. The first-order valence-electron chi connectivity index (χ1n) is 7.99. The molecule has 3 rings (SSSR count). The first-order chi connectivity index (χ1) is 12.5. The van der Waals surface area contributed by atoms with Gasteiger partial charge >= 0.3 is 12.3 Å². The summed E-state index contributed by atoms with van der Waals surface area (Å²) in [6, 6.07) is 5.89. The molecule has 0 saturated carbocycles. The number of aromatic nitrogens is 1. The predicted octanol–water partition coefficient (Wildman–Crippen LogP) is 2.43. The quantitative estimate of drug-likeness (QED) is 0.726. The molecular weight excluding hydrogens is 364 g/mol. The van der Waals surface area contributed by atoms with Crippen LogP contribution in [0.4, 0.5) is 15.3 Å². The minimum Gasteiger partial charge on any atom is -0.450 e. The van der Waals surface area contributed by atoms with Crippen molar-refractivity contribution in [3.63, 3.8) is 0 Å². The van der Waals surface area contributed by atoms with Crippen LogP contribution in [0, 0.1) is 0 Å². The molecule has 26 heavy (non-hydrogen) atoms. The molecule has 1 unspecified atom stereocenters. The standard InChI is InChI=1S/C16H18N2O7S/c19-15(20)24-9-10(25-16(21)22)8-13-17-14-11(2-1-3-12(14)26-13)18-4-6-23-7-5-18/h1-3,10H,4-9H2,(H,19,20)(H,21,22). The van der Waals surface area contributed by atoms with Crippen LogP contribution in [0.1, 0.15) is 5.01 Å². The molecule has 140 valence electrons. The summed E-state index contributed by atoms with van der Waals surface area (Å²) in [4.78, 5) is 28.2. The molecule has 0 radical (unpaired) electrons. The van der Waals surface area contributed by atoms with E-state index in [1.807, 2.05) is 18.2 Å². The van der Waals surface area contributed by atoms with Gasteiger partial charge in [0.05, 0.1) is 28.6 Å². The Morgan fingerprint density at radius 2 is 2.04 bits per heavy atom. The van der Waals surface area contributed by atoms with E-state index in [0.29, 0.717) is 18.2 Å². The minimum atomic E-state index is -1.49. The van der Waals surface area contributed by atoms with Crippen molar-refractivity contribution in [2.75, 3.05) is 37.8 Å². The van der Waals surface area contributed by atoms with Crippen LogP contribution in [-0.4, -0.2) is 66.5 Å². The van der Waals surface area contributed by atoms with E-state index in [1.54, 1.807) is 0 Å². The highest BCUT2D eigenvalue weighted by Gasteiger charge is 2.21. The highest BCUT2D eigenvalue weighted by molar-refractivity contribution is 7.18. The Morgan fingerprint density at radius 3 is 2.73 bits per heavy atom. The van der Waals surface area contributed by atoms with Crippen molar-refractivity contribution in [3.8, 4) is 0 Å². The predicted molar refractivity (Wildman–Crippen MR) is 93.2 cm³/mol. The van der Waals surface area contributed by atoms with Crippen molar-refractivity contribution in [1.82, 2.24) is 4.98 Å². The van der Waals surface area contributed by atoms with Crippen LogP contribution in [0.25, 0.3) is 10.2 Å². The van der Waals surface area contributed by atoms with Gasteiger partial charge in [-0.25, -0.2) is 14.6 Å². The van der Waals surface area contributed by atoms with E-state index in [9.17, 15) is 9.59 Å². The third-order valence-electron chi connectivity index (χ3n) is 3.86. The Labute approximate surface area is 152 Å². The fraction of sp³-hybridized carbons (Fsp3) is 0.438. The number of carbonyl (C=O) groups is 2. The molecule has 1 aromatic heterocycles. The molecule has 2 N–H and O–H groups in total. The molecule has 0 amide bonds. The van der Waals surface area contributed by atoms with Gasteiger partial charge in [0.1, 0.15) is 18.2 Å². The Hall–Kier alpha value is -2.59. The number of hydrogen-bond acceptors (Lipinski definition) is 8. The lowest BCUT2D eigenvalue weighted by Gasteiger charge is -2.28. The van der Waals surface area contributed by atoms with E-state index < -0.39 is 18.4 Å². The number of morpholine rings is 1. The van der Waals surface area contributed by atoms with Crippen molar-refractivity contribution in [2.24, 2.45) is 0 Å². The number of para-hydroxylation sites is 1. The monoisotopic (exact) mass is 382 g/mol. The third kappa shape index (κ3) is 4.52. The second-order valence-electron chi connectivity index (χ2n) is 5.62. The zero-order valence-corrected chi connectivity index (χ0v) is 14.6. The van der Waals surface area contributed by atoms with Crippen LogP contribution >= 0.6 is 11.3 Å². The van der Waals surface area contributed by atoms with Gasteiger partial charge in [-0.1, -0.05) is 6.07 Å². The van der Waals surface area contributed by atoms with E-state index in [-0.39, 0.29) is 13.0 Å². The number of ether oxygens (including phenoxy) is 3. The maximum Gasteiger partial charge on any atom is 0.506 e. The summed E-state index contributed by atoms with van der Waals surface area (Å²) in [6.45, 7) is 2.50. The van der Waals surface area contributed by atoms with E-state index in [0.717, 1.165) is 29.0 Å². The van der Waals surface area contributed by atoms with Gasteiger partial charge in [-0.2, -0.15) is 0 Å². The van der Waals surface area contributed by atoms with Gasteiger partial charge in [0.25, 0.3) is 0 Å². The van der Waals surface area contributed by atoms with Crippen LogP contribution in [0.2, 0.25) is 0 Å². The highest BCUT2D eigenvalue weighted by Crippen LogP contribution is 2.31. The molecule has 9 nitrogen and oxygen atoms in total. The van der Waals surface area contributed by atoms with Gasteiger partial charge in [-0.3, -0.25) is 0 Å². The summed E-state index contributed by atoms with van der Waals surface area (Å²) in [7, 11) is 0. The zero-order valence-electron chi connectivity index (χ0n) is 13.8. The molecule has 1 aliphatic heterocycles. The lowest BCUT2D eigenvalue weighted by Crippen LogP contribution is -2.36. The van der Waals surface area contributed by atoms with Crippen LogP contribution in [0.15, 0.2) is 18.2 Å². The molecule has 10 heteroatoms. The average molecular weight is 382 g/mol. The molecule has 2 aromatic rings. The summed E-state index contributed by atoms with van der Waals surface area (Å²) in [5.74, 6) is 0. The fourth-order valence-electron chi connectivity index (χ4n) is 2.76. The van der Waals surface area contributed by atoms with Crippen molar-refractivity contribution in [2.45, 2.75) is 12.5 Å². The van der Waals surface area contributed by atoms with Gasteiger partial charge < -0.3 is 29.3 Å². The number of benzene rings is 1. The molecule has 1 fully saturated rings. The topological polar surface area (TPSA) is 118 Å². The second kappa shape index (κ2) is 8.19. The molecule has 0 bridgehead atoms. The summed E-state index contributed by atoms with van der Waals surface area (Å²) >= 11 is 1.42. The number of nitrogens with zero attached hydrogens (tertiary/aromatic N) is 2. The Balaban J connectivity index is 1.80. The van der Waals surface area contributed by atoms with Gasteiger partial charge in [0, 0.05) is 19.5 Å². The van der Waals surface area contributed by atoms with Gasteiger partial charge in [0.2, 0.25) is 0 Å². The van der Waals surface area contributed by atoms with Crippen molar-refractivity contribution >= 4 is 39.6 Å².